The van der Waals surface area contributed by atoms with Gasteiger partial charge in [0.05, 0.1) is 5.75 Å². The average molecular weight is 415 g/mol. The number of benzene rings is 3. The zero-order valence-electron chi connectivity index (χ0n) is 16.1. The Balaban J connectivity index is 1.26. The quantitative estimate of drug-likeness (QED) is 0.372. The van der Waals surface area contributed by atoms with Crippen molar-refractivity contribution in [3.63, 3.8) is 0 Å². The lowest BCUT2D eigenvalue weighted by molar-refractivity contribution is -0.113. The largest absolute Gasteiger partial charge is 0.456 e. The molecule has 0 atom stereocenters. The van der Waals surface area contributed by atoms with Crippen molar-refractivity contribution >= 4 is 45.3 Å². The van der Waals surface area contributed by atoms with E-state index in [1.807, 2.05) is 73.7 Å². The summed E-state index contributed by atoms with van der Waals surface area (Å²) in [5.74, 6) is 0.459. The minimum Gasteiger partial charge on any atom is -0.456 e. The number of hydrogen-bond acceptors (Lipinski definition) is 6. The predicted octanol–water partition coefficient (Wildman–Crippen LogP) is 5.68. The smallest absolute Gasteiger partial charge is 0.277 e. The Bertz CT molecular complexity index is 1370. The molecule has 0 radical (unpaired) electrons. The van der Waals surface area contributed by atoms with E-state index in [1.165, 1.54) is 11.8 Å². The fourth-order valence-corrected chi connectivity index (χ4v) is 3.85. The predicted molar refractivity (Wildman–Crippen MR) is 118 cm³/mol. The minimum atomic E-state index is -0.151. The Morgan fingerprint density at radius 1 is 0.933 bits per heavy atom. The number of furan rings is 1. The molecule has 0 aliphatic rings. The molecule has 2 heterocycles. The van der Waals surface area contributed by atoms with Crippen molar-refractivity contribution in [1.82, 2.24) is 10.2 Å². The topological polar surface area (TPSA) is 81.2 Å². The third kappa shape index (κ3) is 3.67. The van der Waals surface area contributed by atoms with Crippen LogP contribution in [0.5, 0.6) is 0 Å². The van der Waals surface area contributed by atoms with Crippen molar-refractivity contribution < 1.29 is 13.6 Å². The molecule has 30 heavy (non-hydrogen) atoms. The molecule has 0 aliphatic heterocycles. The molecule has 0 unspecified atom stereocenters. The molecule has 0 aliphatic carbocycles. The van der Waals surface area contributed by atoms with Crippen LogP contribution in [-0.4, -0.2) is 21.9 Å². The van der Waals surface area contributed by atoms with Gasteiger partial charge in [0.15, 0.2) is 0 Å². The molecule has 5 rings (SSSR count). The van der Waals surface area contributed by atoms with Crippen molar-refractivity contribution in [2.24, 2.45) is 0 Å². The zero-order valence-corrected chi connectivity index (χ0v) is 16.9. The molecular weight excluding hydrogens is 398 g/mol. The molecule has 5 aromatic rings. The van der Waals surface area contributed by atoms with E-state index in [-0.39, 0.29) is 11.7 Å². The molecule has 3 aromatic carbocycles. The summed E-state index contributed by atoms with van der Waals surface area (Å²) in [5.41, 5.74) is 4.30. The van der Waals surface area contributed by atoms with E-state index in [2.05, 4.69) is 15.5 Å². The van der Waals surface area contributed by atoms with Crippen molar-refractivity contribution in [2.45, 2.75) is 12.1 Å². The maximum atomic E-state index is 12.4. The third-order valence-corrected chi connectivity index (χ3v) is 5.48. The van der Waals surface area contributed by atoms with Crippen LogP contribution in [0.15, 0.2) is 80.8 Å². The molecule has 0 saturated carbocycles. The van der Waals surface area contributed by atoms with Gasteiger partial charge in [0.25, 0.3) is 5.22 Å². The fourth-order valence-electron chi connectivity index (χ4n) is 3.29. The Morgan fingerprint density at radius 2 is 1.80 bits per heavy atom. The molecule has 1 N–H and O–H groups in total. The highest BCUT2D eigenvalue weighted by atomic mass is 32.2. The van der Waals surface area contributed by atoms with Crippen molar-refractivity contribution in [2.75, 3.05) is 11.1 Å². The number of carbonyl (C=O) groups excluding carboxylic acids is 1. The third-order valence-electron chi connectivity index (χ3n) is 4.66. The van der Waals surface area contributed by atoms with Crippen LogP contribution in [-0.2, 0) is 4.79 Å². The standard InChI is InChI=1S/C23H17N3O3S/c1-14-5-4-6-15(11-14)22-25-26-23(29-22)30-13-21(27)24-16-9-10-20-18(12-16)17-7-2-3-8-19(17)28-20/h2-12H,13H2,1H3,(H,24,27). The van der Waals surface area contributed by atoms with Crippen LogP contribution in [0.1, 0.15) is 5.56 Å². The number of aromatic nitrogens is 2. The van der Waals surface area contributed by atoms with E-state index in [4.69, 9.17) is 8.83 Å². The van der Waals surface area contributed by atoms with Gasteiger partial charge < -0.3 is 14.2 Å². The summed E-state index contributed by atoms with van der Waals surface area (Å²) in [7, 11) is 0. The molecule has 7 heteroatoms. The van der Waals surface area contributed by atoms with Gasteiger partial charge in [0, 0.05) is 22.0 Å². The van der Waals surface area contributed by atoms with E-state index in [0.717, 1.165) is 33.1 Å². The maximum absolute atomic E-state index is 12.4. The molecule has 148 valence electrons. The van der Waals surface area contributed by atoms with Gasteiger partial charge in [-0.2, -0.15) is 0 Å². The highest BCUT2D eigenvalue weighted by molar-refractivity contribution is 7.99. The second kappa shape index (κ2) is 7.68. The van der Waals surface area contributed by atoms with Gasteiger partial charge in [0.1, 0.15) is 11.2 Å². The second-order valence-corrected chi connectivity index (χ2v) is 7.82. The highest BCUT2D eigenvalue weighted by Gasteiger charge is 2.13. The number of rotatable bonds is 5. The zero-order chi connectivity index (χ0) is 20.5. The number of para-hydroxylation sites is 1. The van der Waals surface area contributed by atoms with Gasteiger partial charge in [-0.05, 0) is 43.3 Å². The molecule has 6 nitrogen and oxygen atoms in total. The van der Waals surface area contributed by atoms with Crippen LogP contribution in [0.2, 0.25) is 0 Å². The second-order valence-electron chi connectivity index (χ2n) is 6.89. The summed E-state index contributed by atoms with van der Waals surface area (Å²) >= 11 is 1.20. The van der Waals surface area contributed by atoms with Crippen molar-refractivity contribution in [3.8, 4) is 11.5 Å². The van der Waals surface area contributed by atoms with Gasteiger partial charge in [-0.25, -0.2) is 0 Å². The van der Waals surface area contributed by atoms with Crippen LogP contribution >= 0.6 is 11.8 Å². The first-order valence-corrected chi connectivity index (χ1v) is 10.4. The summed E-state index contributed by atoms with van der Waals surface area (Å²) in [6.45, 7) is 2.00. The Kier molecular flexibility index (Phi) is 4.72. The Labute approximate surface area is 176 Å². The lowest BCUT2D eigenvalue weighted by Gasteiger charge is -2.04. The van der Waals surface area contributed by atoms with Crippen LogP contribution in [0.25, 0.3) is 33.4 Å². The first-order chi connectivity index (χ1) is 14.7. The average Bonchev–Trinajstić information content (AvgIpc) is 3.37. The van der Waals surface area contributed by atoms with Gasteiger partial charge in [-0.1, -0.05) is 47.7 Å². The Morgan fingerprint density at radius 3 is 2.70 bits per heavy atom. The van der Waals surface area contributed by atoms with E-state index >= 15 is 0 Å². The van der Waals surface area contributed by atoms with Crippen LogP contribution < -0.4 is 5.32 Å². The van der Waals surface area contributed by atoms with Gasteiger partial charge >= 0.3 is 0 Å². The Hall–Kier alpha value is -3.58. The molecule has 0 spiro atoms. The fraction of sp³-hybridized carbons (Fsp3) is 0.0870. The SMILES string of the molecule is Cc1cccc(-c2nnc(SCC(=O)Nc3ccc4oc5ccccc5c4c3)o2)c1. The summed E-state index contributed by atoms with van der Waals surface area (Å²) < 4.78 is 11.5. The summed E-state index contributed by atoms with van der Waals surface area (Å²) in [5, 5.41) is 13.4. The molecule has 0 fully saturated rings. The van der Waals surface area contributed by atoms with Crippen molar-refractivity contribution in [1.29, 1.82) is 0 Å². The molecule has 2 aromatic heterocycles. The summed E-state index contributed by atoms with van der Waals surface area (Å²) in [6, 6.07) is 21.3. The monoisotopic (exact) mass is 415 g/mol. The lowest BCUT2D eigenvalue weighted by atomic mass is 10.1. The molecule has 0 saturated heterocycles. The van der Waals surface area contributed by atoms with Crippen LogP contribution in [0, 0.1) is 6.92 Å². The summed E-state index contributed by atoms with van der Waals surface area (Å²) in [4.78, 5) is 12.4. The number of hydrogen-bond donors (Lipinski definition) is 1. The van der Waals surface area contributed by atoms with Gasteiger partial charge in [-0.3, -0.25) is 4.79 Å². The van der Waals surface area contributed by atoms with Gasteiger partial charge in [-0.15, -0.1) is 10.2 Å². The van der Waals surface area contributed by atoms with E-state index in [0.29, 0.717) is 16.8 Å². The number of nitrogens with one attached hydrogen (secondary N) is 1. The maximum Gasteiger partial charge on any atom is 0.277 e. The van der Waals surface area contributed by atoms with E-state index in [9.17, 15) is 4.79 Å². The number of fused-ring (bicyclic) bond motifs is 3. The van der Waals surface area contributed by atoms with E-state index < -0.39 is 0 Å². The summed E-state index contributed by atoms with van der Waals surface area (Å²) in [6.07, 6.45) is 0. The normalized spacial score (nSPS) is 11.2. The van der Waals surface area contributed by atoms with Gasteiger partial charge in [0.2, 0.25) is 11.8 Å². The number of aryl methyl sites for hydroxylation is 1. The molecule has 0 bridgehead atoms. The molecule has 1 amide bonds. The number of thioether (sulfide) groups is 1. The minimum absolute atomic E-state index is 0.151. The number of carbonyl (C=O) groups is 1. The van der Waals surface area contributed by atoms with E-state index in [1.54, 1.807) is 0 Å². The number of amides is 1. The van der Waals surface area contributed by atoms with Crippen LogP contribution in [0.4, 0.5) is 5.69 Å². The highest BCUT2D eigenvalue weighted by Crippen LogP contribution is 2.30. The first-order valence-electron chi connectivity index (χ1n) is 9.40. The molecular formula is C23H17N3O3S. The van der Waals surface area contributed by atoms with Crippen LogP contribution in [0.3, 0.4) is 0 Å². The lowest BCUT2D eigenvalue weighted by Crippen LogP contribution is -2.13. The number of nitrogens with zero attached hydrogens (tertiary/aromatic N) is 2. The number of anilines is 1. The van der Waals surface area contributed by atoms with Crippen molar-refractivity contribution in [3.05, 3.63) is 72.3 Å². The first kappa shape index (κ1) is 18.4.